The zero-order chi connectivity index (χ0) is 18.5. The minimum absolute atomic E-state index is 0.301. The highest BCUT2D eigenvalue weighted by atomic mass is 32.1. The molecule has 0 aliphatic heterocycles. The highest BCUT2D eigenvalue weighted by Crippen LogP contribution is 2.39. The number of hydrogen-bond donors (Lipinski definition) is 0. The van der Waals surface area contributed by atoms with Gasteiger partial charge in [-0.2, -0.15) is 0 Å². The van der Waals surface area contributed by atoms with Crippen LogP contribution in [0.25, 0.3) is 21.2 Å². The van der Waals surface area contributed by atoms with Gasteiger partial charge in [0.2, 0.25) is 0 Å². The summed E-state index contributed by atoms with van der Waals surface area (Å²) in [6.45, 7) is 1.69. The molecule has 26 heavy (non-hydrogen) atoms. The number of carbonyl (C=O) groups excluding carboxylic acids is 1. The van der Waals surface area contributed by atoms with Crippen LogP contribution in [0.1, 0.15) is 16.1 Å². The van der Waals surface area contributed by atoms with Crippen molar-refractivity contribution in [1.82, 2.24) is 4.90 Å². The number of rotatable bonds is 7. The summed E-state index contributed by atoms with van der Waals surface area (Å²) in [5, 5.41) is 1.07. The highest BCUT2D eigenvalue weighted by molar-refractivity contribution is 7.21. The van der Waals surface area contributed by atoms with Gasteiger partial charge in [-0.3, -0.25) is 0 Å². The van der Waals surface area contributed by atoms with E-state index in [0.717, 1.165) is 39.9 Å². The van der Waals surface area contributed by atoms with Crippen LogP contribution >= 0.6 is 11.3 Å². The number of thiophene rings is 1. The van der Waals surface area contributed by atoms with E-state index < -0.39 is 0 Å². The molecule has 0 spiro atoms. The zero-order valence-corrected chi connectivity index (χ0v) is 16.1. The van der Waals surface area contributed by atoms with Gasteiger partial charge in [-0.15, -0.1) is 11.3 Å². The first-order chi connectivity index (χ1) is 12.6. The summed E-state index contributed by atoms with van der Waals surface area (Å²) in [6, 6.07) is 16.0. The Kier molecular flexibility index (Phi) is 5.91. The van der Waals surface area contributed by atoms with Crippen LogP contribution in [0.3, 0.4) is 0 Å². The molecule has 0 amide bonds. The van der Waals surface area contributed by atoms with Crippen molar-refractivity contribution in [1.29, 1.82) is 0 Å². The number of methoxy groups -OCH3 is 1. The molecule has 0 radical (unpaired) electrons. The fraction of sp³-hybridized carbons (Fsp3) is 0.286. The Morgan fingerprint density at radius 3 is 2.50 bits per heavy atom. The van der Waals surface area contributed by atoms with Gasteiger partial charge in [0.25, 0.3) is 0 Å². The molecule has 4 nitrogen and oxygen atoms in total. The smallest absolute Gasteiger partial charge is 0.348 e. The van der Waals surface area contributed by atoms with Crippen LogP contribution in [0, 0.1) is 0 Å². The SMILES string of the molecule is COC(=O)c1sc2ccccc2c1-c1ccc(OCCCN(C)C)cc1. The Labute approximate surface area is 158 Å². The minimum atomic E-state index is -0.301. The second kappa shape index (κ2) is 8.34. The summed E-state index contributed by atoms with van der Waals surface area (Å²) in [6.07, 6.45) is 0.983. The first-order valence-corrected chi connectivity index (χ1v) is 9.39. The minimum Gasteiger partial charge on any atom is -0.494 e. The summed E-state index contributed by atoms with van der Waals surface area (Å²) in [5.41, 5.74) is 1.92. The fourth-order valence-electron chi connectivity index (χ4n) is 2.86. The van der Waals surface area contributed by atoms with E-state index in [0.29, 0.717) is 11.5 Å². The second-order valence-electron chi connectivity index (χ2n) is 6.32. The first kappa shape index (κ1) is 18.4. The van der Waals surface area contributed by atoms with Gasteiger partial charge in [-0.25, -0.2) is 4.79 Å². The Hall–Kier alpha value is -2.37. The Bertz CT molecular complexity index is 884. The van der Waals surface area contributed by atoms with Crippen molar-refractivity contribution in [3.63, 3.8) is 0 Å². The van der Waals surface area contributed by atoms with E-state index in [1.165, 1.54) is 18.4 Å². The summed E-state index contributed by atoms with van der Waals surface area (Å²) < 4.78 is 11.9. The van der Waals surface area contributed by atoms with Crippen LogP contribution in [0.5, 0.6) is 5.75 Å². The molecule has 136 valence electrons. The average molecular weight is 369 g/mol. The molecule has 0 atom stereocenters. The maximum atomic E-state index is 12.2. The van der Waals surface area contributed by atoms with Gasteiger partial charge in [-0.05, 0) is 44.3 Å². The molecule has 0 saturated carbocycles. The third-order valence-corrected chi connectivity index (χ3v) is 5.28. The lowest BCUT2D eigenvalue weighted by atomic mass is 10.0. The van der Waals surface area contributed by atoms with E-state index in [4.69, 9.17) is 9.47 Å². The van der Waals surface area contributed by atoms with Gasteiger partial charge in [0.1, 0.15) is 10.6 Å². The Balaban J connectivity index is 1.86. The molecule has 0 aliphatic carbocycles. The predicted molar refractivity (Wildman–Crippen MR) is 107 cm³/mol. The Morgan fingerprint density at radius 2 is 1.81 bits per heavy atom. The third-order valence-electron chi connectivity index (χ3n) is 4.13. The van der Waals surface area contributed by atoms with Crippen molar-refractivity contribution >= 4 is 27.4 Å². The molecule has 0 N–H and O–H groups in total. The number of nitrogens with zero attached hydrogens (tertiary/aromatic N) is 1. The molecule has 0 aliphatic rings. The average Bonchev–Trinajstić information content (AvgIpc) is 3.04. The van der Waals surface area contributed by atoms with Crippen LogP contribution < -0.4 is 4.74 Å². The number of benzene rings is 2. The van der Waals surface area contributed by atoms with E-state index in [9.17, 15) is 4.79 Å². The molecule has 0 bridgehead atoms. The molecule has 3 aromatic rings. The van der Waals surface area contributed by atoms with E-state index >= 15 is 0 Å². The lowest BCUT2D eigenvalue weighted by molar-refractivity contribution is 0.0607. The van der Waals surface area contributed by atoms with Crippen molar-refractivity contribution in [2.24, 2.45) is 0 Å². The van der Waals surface area contributed by atoms with Gasteiger partial charge in [0.15, 0.2) is 0 Å². The molecular weight excluding hydrogens is 346 g/mol. The largest absolute Gasteiger partial charge is 0.494 e. The number of ether oxygens (including phenoxy) is 2. The van der Waals surface area contributed by atoms with Gasteiger partial charge in [-0.1, -0.05) is 30.3 Å². The molecular formula is C21H23NO3S. The zero-order valence-electron chi connectivity index (χ0n) is 15.3. The summed E-state index contributed by atoms with van der Waals surface area (Å²) in [4.78, 5) is 15.0. The van der Waals surface area contributed by atoms with E-state index in [-0.39, 0.29) is 5.97 Å². The molecule has 1 heterocycles. The Morgan fingerprint density at radius 1 is 1.08 bits per heavy atom. The molecule has 0 saturated heterocycles. The van der Waals surface area contributed by atoms with Gasteiger partial charge in [0, 0.05) is 22.2 Å². The highest BCUT2D eigenvalue weighted by Gasteiger charge is 2.20. The molecule has 1 aromatic heterocycles. The summed E-state index contributed by atoms with van der Waals surface area (Å²) in [7, 11) is 5.53. The fourth-order valence-corrected chi connectivity index (χ4v) is 4.00. The van der Waals surface area contributed by atoms with Crippen LogP contribution in [0.2, 0.25) is 0 Å². The summed E-state index contributed by atoms with van der Waals surface area (Å²) >= 11 is 1.46. The number of fused-ring (bicyclic) bond motifs is 1. The van der Waals surface area contributed by atoms with E-state index in [2.05, 4.69) is 19.0 Å². The monoisotopic (exact) mass is 369 g/mol. The quantitative estimate of drug-likeness (QED) is 0.447. The maximum absolute atomic E-state index is 12.2. The topological polar surface area (TPSA) is 38.8 Å². The van der Waals surface area contributed by atoms with Crippen molar-refractivity contribution in [2.75, 3.05) is 34.4 Å². The van der Waals surface area contributed by atoms with Gasteiger partial charge in [0.05, 0.1) is 13.7 Å². The molecule has 3 rings (SSSR count). The molecule has 5 heteroatoms. The summed E-state index contributed by atoms with van der Waals surface area (Å²) in [5.74, 6) is 0.539. The van der Waals surface area contributed by atoms with Gasteiger partial charge < -0.3 is 14.4 Å². The lowest BCUT2D eigenvalue weighted by Gasteiger charge is -2.11. The van der Waals surface area contributed by atoms with Gasteiger partial charge >= 0.3 is 5.97 Å². The normalized spacial score (nSPS) is 11.1. The van der Waals surface area contributed by atoms with Crippen LogP contribution in [-0.2, 0) is 4.74 Å². The van der Waals surface area contributed by atoms with Crippen molar-refractivity contribution in [3.8, 4) is 16.9 Å². The number of esters is 1. The van der Waals surface area contributed by atoms with Crippen molar-refractivity contribution in [2.45, 2.75) is 6.42 Å². The molecule has 2 aromatic carbocycles. The standard InChI is InChI=1S/C21H23NO3S/c1-22(2)13-6-14-25-16-11-9-15(10-12-16)19-17-7-4-5-8-18(17)26-20(19)21(23)24-3/h4-5,7-12H,6,13-14H2,1-3H3. The maximum Gasteiger partial charge on any atom is 0.348 e. The van der Waals surface area contributed by atoms with E-state index in [1.807, 2.05) is 48.5 Å². The van der Waals surface area contributed by atoms with Crippen LogP contribution in [-0.4, -0.2) is 45.2 Å². The first-order valence-electron chi connectivity index (χ1n) is 8.58. The number of hydrogen-bond acceptors (Lipinski definition) is 5. The molecule has 0 unspecified atom stereocenters. The van der Waals surface area contributed by atoms with Crippen molar-refractivity contribution in [3.05, 3.63) is 53.4 Å². The van der Waals surface area contributed by atoms with Crippen molar-refractivity contribution < 1.29 is 14.3 Å². The van der Waals surface area contributed by atoms with Crippen LogP contribution in [0.4, 0.5) is 0 Å². The second-order valence-corrected chi connectivity index (χ2v) is 7.38. The number of carbonyl (C=O) groups is 1. The molecule has 0 fully saturated rings. The third kappa shape index (κ3) is 4.06. The van der Waals surface area contributed by atoms with Crippen LogP contribution in [0.15, 0.2) is 48.5 Å². The predicted octanol–water partition coefficient (Wildman–Crippen LogP) is 4.69. The lowest BCUT2D eigenvalue weighted by Crippen LogP contribution is -2.15. The van der Waals surface area contributed by atoms with E-state index in [1.54, 1.807) is 0 Å².